The fourth-order valence-electron chi connectivity index (χ4n) is 3.34. The summed E-state index contributed by atoms with van der Waals surface area (Å²) in [4.78, 5) is 2.83. The molecule has 0 radical (unpaired) electrons. The van der Waals surface area contributed by atoms with E-state index in [1.54, 1.807) is 0 Å². The zero-order valence-corrected chi connectivity index (χ0v) is 12.1. The zero-order chi connectivity index (χ0) is 12.1. The van der Waals surface area contributed by atoms with Crippen molar-refractivity contribution in [1.29, 1.82) is 0 Å². The highest BCUT2D eigenvalue weighted by Gasteiger charge is 2.29. The van der Waals surface area contributed by atoms with Crippen LogP contribution >= 0.6 is 11.8 Å². The van der Waals surface area contributed by atoms with E-state index in [0.717, 1.165) is 12.1 Å². The van der Waals surface area contributed by atoms with Crippen LogP contribution in [0, 0.1) is 0 Å². The predicted octanol–water partition coefficient (Wildman–Crippen LogP) is 2.86. The van der Waals surface area contributed by atoms with Crippen molar-refractivity contribution in [2.45, 2.75) is 70.0 Å². The molecule has 1 unspecified atom stereocenters. The molecule has 1 heterocycles. The van der Waals surface area contributed by atoms with Gasteiger partial charge in [-0.25, -0.2) is 0 Å². The fourth-order valence-corrected chi connectivity index (χ4v) is 4.51. The van der Waals surface area contributed by atoms with Crippen LogP contribution in [0.2, 0.25) is 0 Å². The van der Waals surface area contributed by atoms with Crippen LogP contribution in [0.5, 0.6) is 0 Å². The van der Waals surface area contributed by atoms with E-state index >= 15 is 0 Å². The Morgan fingerprint density at radius 3 is 2.47 bits per heavy atom. The van der Waals surface area contributed by atoms with Crippen LogP contribution in [0.4, 0.5) is 0 Å². The molecule has 0 spiro atoms. The molecule has 0 bridgehead atoms. The summed E-state index contributed by atoms with van der Waals surface area (Å²) in [5.74, 6) is 2.74. The van der Waals surface area contributed by atoms with E-state index in [0.29, 0.717) is 6.04 Å². The highest BCUT2D eigenvalue weighted by molar-refractivity contribution is 7.99. The number of hydrogen-bond donors (Lipinski definition) is 1. The standard InChI is InChI=1S/C14H28N2S/c1-2-9-16(14-4-3-10-17-11-14)13-7-5-12(15)6-8-13/h12-14H,2-11,15H2,1H3. The molecule has 2 rings (SSSR count). The molecule has 1 aliphatic heterocycles. The Morgan fingerprint density at radius 1 is 1.12 bits per heavy atom. The van der Waals surface area contributed by atoms with Crippen LogP contribution in [0.15, 0.2) is 0 Å². The Labute approximate surface area is 111 Å². The predicted molar refractivity (Wildman–Crippen MR) is 77.6 cm³/mol. The topological polar surface area (TPSA) is 29.3 Å². The molecule has 1 aliphatic carbocycles. The van der Waals surface area contributed by atoms with Gasteiger partial charge in [-0.3, -0.25) is 4.90 Å². The van der Waals surface area contributed by atoms with Crippen LogP contribution in [-0.2, 0) is 0 Å². The number of thioether (sulfide) groups is 1. The number of nitrogens with zero attached hydrogens (tertiary/aromatic N) is 1. The third-order valence-electron chi connectivity index (χ3n) is 4.30. The van der Waals surface area contributed by atoms with Crippen molar-refractivity contribution in [2.24, 2.45) is 5.73 Å². The van der Waals surface area contributed by atoms with Crippen LogP contribution in [-0.4, -0.2) is 41.1 Å². The Hall–Kier alpha value is 0.270. The van der Waals surface area contributed by atoms with Gasteiger partial charge in [0.15, 0.2) is 0 Å². The summed E-state index contributed by atoms with van der Waals surface area (Å²) in [5.41, 5.74) is 6.03. The molecule has 1 atom stereocenters. The van der Waals surface area contributed by atoms with Crippen LogP contribution < -0.4 is 5.73 Å². The quantitative estimate of drug-likeness (QED) is 0.838. The fraction of sp³-hybridized carbons (Fsp3) is 1.00. The van der Waals surface area contributed by atoms with Gasteiger partial charge in [0, 0.05) is 23.9 Å². The monoisotopic (exact) mass is 256 g/mol. The molecule has 2 N–H and O–H groups in total. The van der Waals surface area contributed by atoms with E-state index in [4.69, 9.17) is 5.73 Å². The smallest absolute Gasteiger partial charge is 0.0189 e. The van der Waals surface area contributed by atoms with Crippen molar-refractivity contribution in [3.63, 3.8) is 0 Å². The van der Waals surface area contributed by atoms with Gasteiger partial charge < -0.3 is 5.73 Å². The van der Waals surface area contributed by atoms with Gasteiger partial charge in [-0.05, 0) is 57.2 Å². The summed E-state index contributed by atoms with van der Waals surface area (Å²) in [6, 6.07) is 2.17. The third kappa shape index (κ3) is 3.87. The lowest BCUT2D eigenvalue weighted by molar-refractivity contribution is 0.103. The van der Waals surface area contributed by atoms with Gasteiger partial charge in [0.05, 0.1) is 0 Å². The first kappa shape index (κ1) is 13.7. The van der Waals surface area contributed by atoms with E-state index < -0.39 is 0 Å². The summed E-state index contributed by atoms with van der Waals surface area (Å²) < 4.78 is 0. The molecule has 2 fully saturated rings. The van der Waals surface area contributed by atoms with Crippen molar-refractivity contribution in [3.8, 4) is 0 Å². The van der Waals surface area contributed by atoms with Gasteiger partial charge in [-0.1, -0.05) is 6.92 Å². The Bertz CT molecular complexity index is 208. The van der Waals surface area contributed by atoms with Gasteiger partial charge in [0.2, 0.25) is 0 Å². The van der Waals surface area contributed by atoms with E-state index in [1.807, 2.05) is 0 Å². The maximum atomic E-state index is 6.03. The summed E-state index contributed by atoms with van der Waals surface area (Å²) in [5, 5.41) is 0. The minimum Gasteiger partial charge on any atom is -0.328 e. The van der Waals surface area contributed by atoms with Crippen molar-refractivity contribution in [3.05, 3.63) is 0 Å². The normalized spacial score (nSPS) is 35.1. The number of hydrogen-bond acceptors (Lipinski definition) is 3. The molecule has 1 saturated carbocycles. The molecular formula is C14H28N2S. The molecule has 0 aromatic rings. The average molecular weight is 256 g/mol. The minimum atomic E-state index is 0.482. The summed E-state index contributed by atoms with van der Waals surface area (Å²) in [7, 11) is 0. The van der Waals surface area contributed by atoms with E-state index in [9.17, 15) is 0 Å². The second-order valence-electron chi connectivity index (χ2n) is 5.68. The molecule has 3 heteroatoms. The van der Waals surface area contributed by atoms with Gasteiger partial charge >= 0.3 is 0 Å². The molecule has 2 nitrogen and oxygen atoms in total. The average Bonchev–Trinajstić information content (AvgIpc) is 2.38. The maximum absolute atomic E-state index is 6.03. The number of rotatable bonds is 4. The summed E-state index contributed by atoms with van der Waals surface area (Å²) in [6.07, 6.45) is 9.29. The van der Waals surface area contributed by atoms with Crippen molar-refractivity contribution >= 4 is 11.8 Å². The summed E-state index contributed by atoms with van der Waals surface area (Å²) >= 11 is 2.16. The van der Waals surface area contributed by atoms with Gasteiger partial charge in [-0.2, -0.15) is 11.8 Å². The lowest BCUT2D eigenvalue weighted by atomic mass is 9.89. The molecule has 1 saturated heterocycles. The lowest BCUT2D eigenvalue weighted by Crippen LogP contribution is -2.48. The van der Waals surface area contributed by atoms with Crippen molar-refractivity contribution in [2.75, 3.05) is 18.1 Å². The molecule has 100 valence electrons. The third-order valence-corrected chi connectivity index (χ3v) is 5.50. The number of nitrogens with two attached hydrogens (primary N) is 1. The lowest BCUT2D eigenvalue weighted by Gasteiger charge is -2.42. The van der Waals surface area contributed by atoms with Crippen LogP contribution in [0.3, 0.4) is 0 Å². The highest BCUT2D eigenvalue weighted by Crippen LogP contribution is 2.29. The van der Waals surface area contributed by atoms with Crippen molar-refractivity contribution in [1.82, 2.24) is 4.90 Å². The molecule has 17 heavy (non-hydrogen) atoms. The SMILES string of the molecule is CCCN(C1CCC(N)CC1)C1CCCSC1. The second-order valence-corrected chi connectivity index (χ2v) is 6.83. The first-order valence-corrected chi connectivity index (χ1v) is 8.55. The molecule has 0 aromatic heterocycles. The molecule has 0 amide bonds. The minimum absolute atomic E-state index is 0.482. The van der Waals surface area contributed by atoms with Gasteiger partial charge in [-0.15, -0.1) is 0 Å². The zero-order valence-electron chi connectivity index (χ0n) is 11.2. The summed E-state index contributed by atoms with van der Waals surface area (Å²) in [6.45, 7) is 3.61. The molecular weight excluding hydrogens is 228 g/mol. The Kier molecular flexibility index (Phi) is 5.64. The first-order chi connectivity index (χ1) is 8.31. The van der Waals surface area contributed by atoms with Crippen LogP contribution in [0.1, 0.15) is 51.9 Å². The second kappa shape index (κ2) is 7.01. The van der Waals surface area contributed by atoms with E-state index in [-0.39, 0.29) is 0 Å². The van der Waals surface area contributed by atoms with E-state index in [1.165, 1.54) is 63.0 Å². The van der Waals surface area contributed by atoms with E-state index in [2.05, 4.69) is 23.6 Å². The Balaban J connectivity index is 1.90. The largest absolute Gasteiger partial charge is 0.328 e. The van der Waals surface area contributed by atoms with Gasteiger partial charge in [0.25, 0.3) is 0 Å². The Morgan fingerprint density at radius 2 is 1.88 bits per heavy atom. The first-order valence-electron chi connectivity index (χ1n) is 7.40. The van der Waals surface area contributed by atoms with Gasteiger partial charge in [0.1, 0.15) is 0 Å². The molecule has 2 aliphatic rings. The van der Waals surface area contributed by atoms with Crippen molar-refractivity contribution < 1.29 is 0 Å². The maximum Gasteiger partial charge on any atom is 0.0189 e. The van der Waals surface area contributed by atoms with Crippen LogP contribution in [0.25, 0.3) is 0 Å². The highest BCUT2D eigenvalue weighted by atomic mass is 32.2. The molecule has 0 aromatic carbocycles.